The number of H-pyrrole nitrogens is 1. The second kappa shape index (κ2) is 13.5. The summed E-state index contributed by atoms with van der Waals surface area (Å²) in [4.78, 5) is 23.2. The van der Waals surface area contributed by atoms with Gasteiger partial charge in [0.2, 0.25) is 0 Å². The minimum atomic E-state index is -0.947. The molecule has 0 fully saturated rings. The van der Waals surface area contributed by atoms with Crippen molar-refractivity contribution in [3.63, 3.8) is 0 Å². The topological polar surface area (TPSA) is 128 Å². The third kappa shape index (κ3) is 7.65. The van der Waals surface area contributed by atoms with Crippen LogP contribution in [-0.2, 0) is 26.4 Å². The minimum Gasteiger partial charge on any atom is -0.511 e. The lowest BCUT2D eigenvalue weighted by atomic mass is 9.76. The normalized spacial score (nSPS) is 15.9. The van der Waals surface area contributed by atoms with E-state index in [-0.39, 0.29) is 11.3 Å². The number of quaternary nitrogens is 1. The zero-order chi connectivity index (χ0) is 27.6. The standard InChI is InChI=1S/C30H38N2O5S/c1-29(25(33)21-27(31)34,23-13-5-3-6-14-23)17-9-11-19-38(36)20-12-10-18-30(2,24-15-7-4-8-16-24)26-22-28(35)32-37-26/h3-8,13-16,21-22,33H,9-12,17-20H2,1-2H3,(H2,31,34)(H,32,35)/p+1/b25-21-. The van der Waals surface area contributed by atoms with Gasteiger partial charge in [0, 0.05) is 33.8 Å². The summed E-state index contributed by atoms with van der Waals surface area (Å²) in [6, 6.07) is 21.1. The summed E-state index contributed by atoms with van der Waals surface area (Å²) in [6.45, 7) is 3.99. The van der Waals surface area contributed by atoms with Crippen molar-refractivity contribution in [1.82, 2.24) is 5.16 Å². The number of nitrogens with one attached hydrogen (secondary N) is 1. The SMILES string of the molecule is CC(CCCCS(=O)CCCCC(C)(c1ccccc1)c1cc(=O)[nH]o1)(/C(O)=C/C([NH3+])=O)c1ccccc1. The minimum absolute atomic E-state index is 0.00421. The molecule has 0 saturated heterocycles. The Kier molecular flexibility index (Phi) is 10.4. The molecule has 3 unspecified atom stereocenters. The van der Waals surface area contributed by atoms with E-state index in [9.17, 15) is 18.9 Å². The lowest BCUT2D eigenvalue weighted by molar-refractivity contribution is -0.297. The van der Waals surface area contributed by atoms with E-state index in [2.05, 4.69) is 17.8 Å². The van der Waals surface area contributed by atoms with Gasteiger partial charge in [-0.25, -0.2) is 4.79 Å². The van der Waals surface area contributed by atoms with E-state index in [0.717, 1.165) is 43.2 Å². The third-order valence-corrected chi connectivity index (χ3v) is 8.84. The van der Waals surface area contributed by atoms with Crippen molar-refractivity contribution in [1.29, 1.82) is 0 Å². The van der Waals surface area contributed by atoms with Gasteiger partial charge in [-0.1, -0.05) is 73.5 Å². The third-order valence-electron chi connectivity index (χ3n) is 7.35. The van der Waals surface area contributed by atoms with Crippen LogP contribution in [-0.4, -0.2) is 31.9 Å². The molecule has 5 N–H and O–H groups in total. The van der Waals surface area contributed by atoms with Gasteiger partial charge in [0.1, 0.15) is 11.5 Å². The van der Waals surface area contributed by atoms with Crippen LogP contribution < -0.4 is 11.3 Å². The number of amides is 1. The van der Waals surface area contributed by atoms with Gasteiger partial charge in [-0.15, -0.1) is 0 Å². The van der Waals surface area contributed by atoms with Gasteiger partial charge >= 0.3 is 5.91 Å². The van der Waals surface area contributed by atoms with E-state index < -0.39 is 27.5 Å². The summed E-state index contributed by atoms with van der Waals surface area (Å²) in [5.41, 5.74) is 3.95. The second-order valence-corrected chi connectivity index (χ2v) is 11.9. The number of aliphatic hydroxyl groups excluding tert-OH is 1. The molecule has 2 aromatic carbocycles. The smallest absolute Gasteiger partial charge is 0.337 e. The molecule has 0 aliphatic heterocycles. The molecule has 1 amide bonds. The number of benzene rings is 2. The Bertz CT molecular complexity index is 1280. The van der Waals surface area contributed by atoms with Crippen LogP contribution in [0.3, 0.4) is 0 Å². The predicted octanol–water partition coefficient (Wildman–Crippen LogP) is 4.53. The van der Waals surface area contributed by atoms with Gasteiger partial charge < -0.3 is 9.63 Å². The van der Waals surface area contributed by atoms with E-state index in [1.807, 2.05) is 67.6 Å². The largest absolute Gasteiger partial charge is 0.511 e. The van der Waals surface area contributed by atoms with Crippen molar-refractivity contribution in [2.75, 3.05) is 11.5 Å². The number of carbonyl (C=O) groups is 1. The molecule has 0 aliphatic rings. The first-order valence-electron chi connectivity index (χ1n) is 13.1. The molecule has 1 aromatic heterocycles. The van der Waals surface area contributed by atoms with E-state index in [1.165, 1.54) is 12.1 Å². The number of carbonyl (C=O) groups excluding carboxylic acids is 1. The van der Waals surface area contributed by atoms with Crippen molar-refractivity contribution >= 4 is 16.7 Å². The van der Waals surface area contributed by atoms with Crippen LogP contribution in [0.15, 0.2) is 87.9 Å². The van der Waals surface area contributed by atoms with Gasteiger partial charge in [-0.2, -0.15) is 5.16 Å². The highest BCUT2D eigenvalue weighted by atomic mass is 32.2. The van der Waals surface area contributed by atoms with Crippen LogP contribution in [0, 0.1) is 0 Å². The van der Waals surface area contributed by atoms with E-state index >= 15 is 0 Å². The van der Waals surface area contributed by atoms with Gasteiger partial charge in [-0.3, -0.25) is 14.7 Å². The number of allylic oxidation sites excluding steroid dienone is 1. The lowest BCUT2D eigenvalue weighted by Crippen LogP contribution is -2.56. The van der Waals surface area contributed by atoms with Gasteiger partial charge in [-0.05, 0) is 50.7 Å². The highest BCUT2D eigenvalue weighted by Crippen LogP contribution is 2.37. The zero-order valence-electron chi connectivity index (χ0n) is 22.3. The number of unbranched alkanes of at least 4 members (excludes halogenated alkanes) is 2. The van der Waals surface area contributed by atoms with Crippen LogP contribution in [0.25, 0.3) is 0 Å². The molecule has 0 aliphatic carbocycles. The Morgan fingerprint density at radius 1 is 0.947 bits per heavy atom. The Morgan fingerprint density at radius 3 is 2.03 bits per heavy atom. The Balaban J connectivity index is 1.50. The van der Waals surface area contributed by atoms with E-state index in [0.29, 0.717) is 23.7 Å². The maximum absolute atomic E-state index is 12.7. The van der Waals surface area contributed by atoms with E-state index in [1.54, 1.807) is 0 Å². The lowest BCUT2D eigenvalue weighted by Gasteiger charge is -2.29. The van der Waals surface area contributed by atoms with Gasteiger partial charge in [0.05, 0.1) is 11.5 Å². The molecule has 0 radical (unpaired) electrons. The molecule has 8 heteroatoms. The summed E-state index contributed by atoms with van der Waals surface area (Å²) >= 11 is 0. The molecule has 3 aromatic rings. The fraction of sp³-hybridized carbons (Fsp3) is 0.400. The number of aliphatic hydroxyl groups is 1. The van der Waals surface area contributed by atoms with Crippen molar-refractivity contribution in [2.24, 2.45) is 0 Å². The average Bonchev–Trinajstić information content (AvgIpc) is 3.36. The van der Waals surface area contributed by atoms with Crippen LogP contribution in [0.2, 0.25) is 0 Å². The van der Waals surface area contributed by atoms with Crippen molar-refractivity contribution in [2.45, 2.75) is 63.2 Å². The van der Waals surface area contributed by atoms with Crippen molar-refractivity contribution in [3.05, 3.63) is 106 Å². The fourth-order valence-corrected chi connectivity index (χ4v) is 6.15. The summed E-state index contributed by atoms with van der Waals surface area (Å²) in [5, 5.41) is 13.1. The number of hydrogen-bond acceptors (Lipinski definition) is 5. The van der Waals surface area contributed by atoms with Gasteiger partial charge in [0.15, 0.2) is 0 Å². The molecule has 38 heavy (non-hydrogen) atoms. The predicted molar refractivity (Wildman–Crippen MR) is 150 cm³/mol. The maximum atomic E-state index is 12.7. The number of aromatic nitrogens is 1. The monoisotopic (exact) mass is 539 g/mol. The van der Waals surface area contributed by atoms with Crippen molar-refractivity contribution in [3.8, 4) is 0 Å². The summed E-state index contributed by atoms with van der Waals surface area (Å²) in [7, 11) is -0.947. The quantitative estimate of drug-likeness (QED) is 0.148. The fourth-order valence-electron chi connectivity index (χ4n) is 4.89. The van der Waals surface area contributed by atoms with Crippen LogP contribution in [0.4, 0.5) is 0 Å². The molecule has 1 heterocycles. The molecular weight excluding hydrogens is 500 g/mol. The van der Waals surface area contributed by atoms with E-state index in [4.69, 9.17) is 4.52 Å². The zero-order valence-corrected chi connectivity index (χ0v) is 23.1. The summed E-state index contributed by atoms with van der Waals surface area (Å²) < 4.78 is 18.2. The number of hydrogen-bond donors (Lipinski definition) is 3. The molecule has 3 rings (SSSR count). The summed E-state index contributed by atoms with van der Waals surface area (Å²) in [6.07, 6.45) is 5.75. The average molecular weight is 540 g/mol. The highest BCUT2D eigenvalue weighted by molar-refractivity contribution is 7.84. The van der Waals surface area contributed by atoms with Gasteiger partial charge in [0.25, 0.3) is 5.56 Å². The van der Waals surface area contributed by atoms with Crippen molar-refractivity contribution < 1.29 is 24.4 Å². The number of aromatic amines is 1. The highest BCUT2D eigenvalue weighted by Gasteiger charge is 2.33. The first-order valence-corrected chi connectivity index (χ1v) is 14.6. The Labute approximate surface area is 226 Å². The van der Waals surface area contributed by atoms with Crippen LogP contribution >= 0.6 is 0 Å². The second-order valence-electron chi connectivity index (χ2n) is 10.2. The molecule has 3 atom stereocenters. The molecule has 0 bridgehead atoms. The number of rotatable bonds is 15. The Hall–Kier alpha value is -3.23. The Morgan fingerprint density at radius 2 is 1.50 bits per heavy atom. The first kappa shape index (κ1) is 29.3. The molecule has 7 nitrogen and oxygen atoms in total. The molecule has 0 spiro atoms. The van der Waals surface area contributed by atoms with Crippen LogP contribution in [0.1, 0.15) is 69.3 Å². The molecule has 204 valence electrons. The molecular formula is C30H39N2O5S+. The van der Waals surface area contributed by atoms with Crippen LogP contribution in [0.5, 0.6) is 0 Å². The first-order chi connectivity index (χ1) is 18.1. The maximum Gasteiger partial charge on any atom is 0.337 e. The molecule has 0 saturated carbocycles. The summed E-state index contributed by atoms with van der Waals surface area (Å²) in [5.74, 6) is 1.37.